The van der Waals surface area contributed by atoms with Crippen molar-refractivity contribution in [2.24, 2.45) is 0 Å². The summed E-state index contributed by atoms with van der Waals surface area (Å²) < 4.78 is 0. The number of aromatic nitrogens is 1. The highest BCUT2D eigenvalue weighted by atomic mass is 14.8. The van der Waals surface area contributed by atoms with Gasteiger partial charge in [-0.15, -0.1) is 0 Å². The molecule has 0 aromatic carbocycles. The zero-order valence-electron chi connectivity index (χ0n) is 8.67. The van der Waals surface area contributed by atoms with E-state index < -0.39 is 0 Å². The first-order chi connectivity index (χ1) is 6.25. The van der Waals surface area contributed by atoms with Gasteiger partial charge in [0.1, 0.15) is 0 Å². The summed E-state index contributed by atoms with van der Waals surface area (Å²) in [6.45, 7) is 5.46. The molecule has 0 radical (unpaired) electrons. The summed E-state index contributed by atoms with van der Waals surface area (Å²) in [7, 11) is 1.99. The van der Waals surface area contributed by atoms with Crippen LogP contribution in [0.3, 0.4) is 0 Å². The Morgan fingerprint density at radius 1 is 1.54 bits per heavy atom. The van der Waals surface area contributed by atoms with Crippen LogP contribution in [0, 0.1) is 6.92 Å². The molecular weight excluding hydrogens is 160 g/mol. The Morgan fingerprint density at radius 3 is 2.92 bits per heavy atom. The summed E-state index contributed by atoms with van der Waals surface area (Å²) in [6.07, 6.45) is 5.00. The number of hydrogen-bond acceptors (Lipinski definition) is 2. The molecule has 1 unspecified atom stereocenters. The van der Waals surface area contributed by atoms with E-state index >= 15 is 0 Å². The maximum atomic E-state index is 4.15. The van der Waals surface area contributed by atoms with Crippen LogP contribution in [0.5, 0.6) is 0 Å². The molecule has 1 aromatic heterocycles. The van der Waals surface area contributed by atoms with Gasteiger partial charge in [0.2, 0.25) is 0 Å². The Labute approximate surface area is 80.4 Å². The highest BCUT2D eigenvalue weighted by Crippen LogP contribution is 2.20. The third-order valence-corrected chi connectivity index (χ3v) is 2.44. The summed E-state index contributed by atoms with van der Waals surface area (Å²) >= 11 is 0. The van der Waals surface area contributed by atoms with Gasteiger partial charge in [-0.1, -0.05) is 6.92 Å². The largest absolute Gasteiger partial charge is 0.320 e. The molecule has 0 amide bonds. The van der Waals surface area contributed by atoms with Gasteiger partial charge in [-0.3, -0.25) is 4.98 Å². The van der Waals surface area contributed by atoms with E-state index in [9.17, 15) is 0 Å². The quantitative estimate of drug-likeness (QED) is 0.763. The van der Waals surface area contributed by atoms with Gasteiger partial charge in [-0.05, 0) is 50.0 Å². The first-order valence-corrected chi connectivity index (χ1v) is 4.80. The van der Waals surface area contributed by atoms with Crippen molar-refractivity contribution in [3.63, 3.8) is 0 Å². The molecule has 13 heavy (non-hydrogen) atoms. The minimum atomic E-state index is 0.598. The number of hydrogen-bond donors (Lipinski definition) is 1. The maximum Gasteiger partial charge on any atom is 0.0305 e. The van der Waals surface area contributed by atoms with Crippen molar-refractivity contribution in [3.8, 4) is 0 Å². The zero-order chi connectivity index (χ0) is 9.68. The molecule has 2 nitrogen and oxygen atoms in total. The van der Waals surface area contributed by atoms with E-state index in [1.807, 2.05) is 19.4 Å². The summed E-state index contributed by atoms with van der Waals surface area (Å²) in [5, 5.41) is 3.17. The molecule has 1 atom stereocenters. The van der Waals surface area contributed by atoms with Crippen molar-refractivity contribution in [1.29, 1.82) is 0 Å². The van der Waals surface area contributed by atoms with Crippen LogP contribution >= 0.6 is 0 Å². The van der Waals surface area contributed by atoms with E-state index in [0.717, 1.165) is 6.54 Å². The minimum Gasteiger partial charge on any atom is -0.320 e. The molecule has 1 aromatic rings. The molecule has 0 spiro atoms. The van der Waals surface area contributed by atoms with E-state index in [4.69, 9.17) is 0 Å². The van der Waals surface area contributed by atoms with Gasteiger partial charge in [0.15, 0.2) is 0 Å². The first kappa shape index (κ1) is 10.2. The van der Waals surface area contributed by atoms with Gasteiger partial charge < -0.3 is 5.32 Å². The van der Waals surface area contributed by atoms with Crippen molar-refractivity contribution in [1.82, 2.24) is 10.3 Å². The topological polar surface area (TPSA) is 24.9 Å². The molecule has 0 aliphatic heterocycles. The average Bonchev–Trinajstić information content (AvgIpc) is 2.15. The normalized spacial score (nSPS) is 12.8. The number of nitrogens with one attached hydrogen (secondary N) is 1. The Balaban J connectivity index is 2.65. The molecule has 0 bridgehead atoms. The fourth-order valence-corrected chi connectivity index (χ4v) is 1.51. The van der Waals surface area contributed by atoms with Gasteiger partial charge >= 0.3 is 0 Å². The Kier molecular flexibility index (Phi) is 3.90. The standard InChI is InChI=1S/C11H18N2/c1-9(4-6-12-3)11-8-13-7-5-10(11)2/h5,7-9,12H,4,6H2,1-3H3. The lowest BCUT2D eigenvalue weighted by Gasteiger charge is -2.13. The Bertz CT molecular complexity index is 258. The molecule has 1 heterocycles. The number of nitrogens with zero attached hydrogens (tertiary/aromatic N) is 1. The second kappa shape index (κ2) is 4.97. The van der Waals surface area contributed by atoms with E-state index in [0.29, 0.717) is 5.92 Å². The predicted octanol–water partition coefficient (Wildman–Crippen LogP) is 2.10. The molecule has 1 N–H and O–H groups in total. The number of pyridine rings is 1. The SMILES string of the molecule is CNCCC(C)c1cnccc1C. The molecule has 0 fully saturated rings. The fraction of sp³-hybridized carbons (Fsp3) is 0.545. The van der Waals surface area contributed by atoms with Gasteiger partial charge in [0.05, 0.1) is 0 Å². The molecule has 2 heteroatoms. The highest BCUT2D eigenvalue weighted by Gasteiger charge is 2.06. The number of rotatable bonds is 4. The highest BCUT2D eigenvalue weighted by molar-refractivity contribution is 5.24. The predicted molar refractivity (Wildman–Crippen MR) is 55.9 cm³/mol. The third kappa shape index (κ3) is 2.81. The summed E-state index contributed by atoms with van der Waals surface area (Å²) in [5.41, 5.74) is 2.72. The number of aryl methyl sites for hydroxylation is 1. The molecule has 0 aliphatic carbocycles. The van der Waals surface area contributed by atoms with Crippen LogP contribution in [-0.2, 0) is 0 Å². The summed E-state index contributed by atoms with van der Waals surface area (Å²) in [5.74, 6) is 0.598. The first-order valence-electron chi connectivity index (χ1n) is 4.80. The third-order valence-electron chi connectivity index (χ3n) is 2.44. The van der Waals surface area contributed by atoms with Crippen LogP contribution in [0.2, 0.25) is 0 Å². The van der Waals surface area contributed by atoms with E-state index in [1.54, 1.807) is 0 Å². The minimum absolute atomic E-state index is 0.598. The van der Waals surface area contributed by atoms with Crippen LogP contribution in [0.25, 0.3) is 0 Å². The lowest BCUT2D eigenvalue weighted by Crippen LogP contribution is -2.11. The van der Waals surface area contributed by atoms with Crippen LogP contribution in [0.15, 0.2) is 18.5 Å². The molecular formula is C11H18N2. The molecule has 72 valence electrons. The lowest BCUT2D eigenvalue weighted by atomic mass is 9.96. The molecule has 0 saturated carbocycles. The Morgan fingerprint density at radius 2 is 2.31 bits per heavy atom. The van der Waals surface area contributed by atoms with E-state index in [-0.39, 0.29) is 0 Å². The molecule has 1 rings (SSSR count). The van der Waals surface area contributed by atoms with Crippen molar-refractivity contribution < 1.29 is 0 Å². The van der Waals surface area contributed by atoms with Gasteiger partial charge in [-0.25, -0.2) is 0 Å². The van der Waals surface area contributed by atoms with Crippen molar-refractivity contribution in [2.75, 3.05) is 13.6 Å². The summed E-state index contributed by atoms with van der Waals surface area (Å²) in [6, 6.07) is 2.07. The average molecular weight is 178 g/mol. The molecule has 0 saturated heterocycles. The van der Waals surface area contributed by atoms with Crippen LogP contribution in [-0.4, -0.2) is 18.6 Å². The fourth-order valence-electron chi connectivity index (χ4n) is 1.51. The van der Waals surface area contributed by atoms with Gasteiger partial charge in [0, 0.05) is 12.4 Å². The van der Waals surface area contributed by atoms with Crippen LogP contribution in [0.4, 0.5) is 0 Å². The van der Waals surface area contributed by atoms with E-state index in [1.165, 1.54) is 17.5 Å². The second-order valence-electron chi connectivity index (χ2n) is 3.53. The van der Waals surface area contributed by atoms with Crippen molar-refractivity contribution in [2.45, 2.75) is 26.2 Å². The van der Waals surface area contributed by atoms with Crippen molar-refractivity contribution in [3.05, 3.63) is 29.6 Å². The van der Waals surface area contributed by atoms with Gasteiger partial charge in [-0.2, -0.15) is 0 Å². The van der Waals surface area contributed by atoms with Crippen LogP contribution < -0.4 is 5.32 Å². The summed E-state index contributed by atoms with van der Waals surface area (Å²) in [4.78, 5) is 4.15. The van der Waals surface area contributed by atoms with Crippen LogP contribution in [0.1, 0.15) is 30.4 Å². The lowest BCUT2D eigenvalue weighted by molar-refractivity contribution is 0.632. The monoisotopic (exact) mass is 178 g/mol. The smallest absolute Gasteiger partial charge is 0.0305 e. The van der Waals surface area contributed by atoms with Gasteiger partial charge in [0.25, 0.3) is 0 Å². The second-order valence-corrected chi connectivity index (χ2v) is 3.53. The Hall–Kier alpha value is -0.890. The zero-order valence-corrected chi connectivity index (χ0v) is 8.67. The maximum absolute atomic E-state index is 4.15. The van der Waals surface area contributed by atoms with Crippen molar-refractivity contribution >= 4 is 0 Å². The van der Waals surface area contributed by atoms with E-state index in [2.05, 4.69) is 30.2 Å². The molecule has 0 aliphatic rings.